The highest BCUT2D eigenvalue weighted by molar-refractivity contribution is 5.89. The fraction of sp³-hybridized carbons (Fsp3) is 0.958. The molecule has 26 heavy (non-hydrogen) atoms. The van der Waals surface area contributed by atoms with Gasteiger partial charge in [0.25, 0.3) is 0 Å². The molecular weight excluding hydrogens is 320 g/mol. The average molecular weight is 359 g/mol. The van der Waals surface area contributed by atoms with E-state index in [-0.39, 0.29) is 10.8 Å². The van der Waals surface area contributed by atoms with Gasteiger partial charge in [-0.1, -0.05) is 34.6 Å². The molecule has 0 aromatic rings. The van der Waals surface area contributed by atoms with E-state index in [1.165, 1.54) is 32.1 Å². The maximum Gasteiger partial charge on any atom is 0.139 e. The summed E-state index contributed by atoms with van der Waals surface area (Å²) in [6.45, 7) is 13.0. The number of ether oxygens (including phenoxy) is 1. The van der Waals surface area contributed by atoms with Gasteiger partial charge in [-0.25, -0.2) is 0 Å². The second-order valence-electron chi connectivity index (χ2n) is 11.7. The van der Waals surface area contributed by atoms with Crippen molar-refractivity contribution in [1.29, 1.82) is 0 Å². The molecule has 4 saturated carbocycles. The molecule has 0 aromatic heterocycles. The number of Topliss-reactive ketones (excluding diaryl/α,β-unsaturated/α-hetero) is 1. The van der Waals surface area contributed by atoms with Crippen molar-refractivity contribution in [1.82, 2.24) is 0 Å². The van der Waals surface area contributed by atoms with Gasteiger partial charge in [-0.3, -0.25) is 4.79 Å². The van der Waals surface area contributed by atoms with Crippen LogP contribution < -0.4 is 0 Å². The summed E-state index contributed by atoms with van der Waals surface area (Å²) in [6.07, 6.45) is 8.86. The van der Waals surface area contributed by atoms with Crippen molar-refractivity contribution in [2.24, 2.45) is 51.8 Å². The Morgan fingerprint density at radius 1 is 1.04 bits per heavy atom. The van der Waals surface area contributed by atoms with Crippen LogP contribution in [0.4, 0.5) is 0 Å². The summed E-state index contributed by atoms with van der Waals surface area (Å²) in [5.41, 5.74) is 0.557. The number of ketones is 1. The lowest BCUT2D eigenvalue weighted by Gasteiger charge is -2.46. The number of rotatable bonds is 2. The standard InChI is InChI=1S/C24H38O2/c1-14(2)16-7-9-22(4)13-26-21(20(16)22)18-12-19(25)23(5)10-8-17-15(3)6-11-24(17,18)23/h14-18,20-21H,6-13H2,1-5H3/t15-,16+,17+,18-,20+,21+,22-,23+,24-/m1/s1. The Hall–Kier alpha value is -0.370. The van der Waals surface area contributed by atoms with Gasteiger partial charge in [0.2, 0.25) is 0 Å². The minimum absolute atomic E-state index is 0.0542. The highest BCUT2D eigenvalue weighted by Gasteiger charge is 2.74. The molecule has 1 spiro atoms. The molecule has 0 N–H and O–H groups in total. The Kier molecular flexibility index (Phi) is 3.65. The van der Waals surface area contributed by atoms with E-state index in [2.05, 4.69) is 34.6 Å². The molecule has 5 rings (SSSR count). The van der Waals surface area contributed by atoms with Gasteiger partial charge in [0.05, 0.1) is 12.7 Å². The number of fused-ring (bicyclic) bond motifs is 1. The molecule has 5 fully saturated rings. The van der Waals surface area contributed by atoms with Gasteiger partial charge in [-0.2, -0.15) is 0 Å². The molecule has 0 bridgehead atoms. The normalized spacial score (nSPS) is 58.5. The van der Waals surface area contributed by atoms with E-state index < -0.39 is 0 Å². The maximum atomic E-state index is 13.3. The van der Waals surface area contributed by atoms with Crippen LogP contribution in [0.25, 0.3) is 0 Å². The zero-order chi connectivity index (χ0) is 18.5. The first-order valence-corrected chi connectivity index (χ1v) is 11.4. The Bertz CT molecular complexity index is 626. The summed E-state index contributed by atoms with van der Waals surface area (Å²) < 4.78 is 6.67. The summed E-state index contributed by atoms with van der Waals surface area (Å²) in [4.78, 5) is 13.3. The molecule has 4 aliphatic carbocycles. The summed E-state index contributed by atoms with van der Waals surface area (Å²) in [6, 6.07) is 0. The Balaban J connectivity index is 1.57. The zero-order valence-electron chi connectivity index (χ0n) is 17.5. The molecule has 5 aliphatic rings. The van der Waals surface area contributed by atoms with Crippen LogP contribution in [0.5, 0.6) is 0 Å². The molecular formula is C24H38O2. The Morgan fingerprint density at radius 3 is 2.54 bits per heavy atom. The van der Waals surface area contributed by atoms with Crippen LogP contribution in [-0.4, -0.2) is 18.5 Å². The van der Waals surface area contributed by atoms with Gasteiger partial charge in [0, 0.05) is 11.8 Å². The van der Waals surface area contributed by atoms with Gasteiger partial charge >= 0.3 is 0 Å². The van der Waals surface area contributed by atoms with E-state index in [1.807, 2.05) is 0 Å². The molecule has 2 nitrogen and oxygen atoms in total. The highest BCUT2D eigenvalue weighted by atomic mass is 16.5. The summed E-state index contributed by atoms with van der Waals surface area (Å²) in [7, 11) is 0. The summed E-state index contributed by atoms with van der Waals surface area (Å²) in [5.74, 6) is 4.81. The number of carbonyl (C=O) groups excluding carboxylic acids is 1. The van der Waals surface area contributed by atoms with Gasteiger partial charge < -0.3 is 4.74 Å². The molecule has 0 unspecified atom stereocenters. The van der Waals surface area contributed by atoms with E-state index >= 15 is 0 Å². The largest absolute Gasteiger partial charge is 0.377 e. The molecule has 9 atom stereocenters. The van der Waals surface area contributed by atoms with Crippen molar-refractivity contribution in [3.8, 4) is 0 Å². The number of hydrogen-bond donors (Lipinski definition) is 0. The molecule has 2 heteroatoms. The molecule has 1 aliphatic heterocycles. The Morgan fingerprint density at radius 2 is 1.81 bits per heavy atom. The van der Waals surface area contributed by atoms with Gasteiger partial charge in [-0.15, -0.1) is 0 Å². The molecule has 0 radical (unpaired) electrons. The smallest absolute Gasteiger partial charge is 0.139 e. The van der Waals surface area contributed by atoms with Gasteiger partial charge in [0.15, 0.2) is 0 Å². The van der Waals surface area contributed by atoms with E-state index in [0.717, 1.165) is 43.1 Å². The van der Waals surface area contributed by atoms with Crippen LogP contribution in [-0.2, 0) is 9.53 Å². The molecule has 146 valence electrons. The van der Waals surface area contributed by atoms with Gasteiger partial charge in [0.1, 0.15) is 5.78 Å². The monoisotopic (exact) mass is 358 g/mol. The second-order valence-corrected chi connectivity index (χ2v) is 11.7. The lowest BCUT2D eigenvalue weighted by molar-refractivity contribution is -0.128. The van der Waals surface area contributed by atoms with Crippen molar-refractivity contribution >= 4 is 5.78 Å². The number of hydrogen-bond acceptors (Lipinski definition) is 2. The van der Waals surface area contributed by atoms with Crippen molar-refractivity contribution in [3.05, 3.63) is 0 Å². The van der Waals surface area contributed by atoms with E-state index in [1.54, 1.807) is 0 Å². The molecule has 1 heterocycles. The maximum absolute atomic E-state index is 13.3. The molecule has 0 aromatic carbocycles. The third kappa shape index (κ3) is 1.86. The van der Waals surface area contributed by atoms with Crippen molar-refractivity contribution < 1.29 is 9.53 Å². The third-order valence-electron chi connectivity index (χ3n) is 10.6. The van der Waals surface area contributed by atoms with Crippen LogP contribution >= 0.6 is 0 Å². The first kappa shape index (κ1) is 17.7. The van der Waals surface area contributed by atoms with Crippen LogP contribution in [0.2, 0.25) is 0 Å². The first-order chi connectivity index (χ1) is 12.2. The summed E-state index contributed by atoms with van der Waals surface area (Å²) >= 11 is 0. The molecule has 0 amide bonds. The van der Waals surface area contributed by atoms with Crippen molar-refractivity contribution in [3.63, 3.8) is 0 Å². The zero-order valence-corrected chi connectivity index (χ0v) is 17.5. The van der Waals surface area contributed by atoms with E-state index in [0.29, 0.717) is 29.1 Å². The van der Waals surface area contributed by atoms with Crippen LogP contribution in [0, 0.1) is 51.8 Å². The number of carbonyl (C=O) groups is 1. The minimum atomic E-state index is -0.0542. The van der Waals surface area contributed by atoms with Crippen LogP contribution in [0.15, 0.2) is 0 Å². The average Bonchev–Trinajstić information content (AvgIpc) is 3.29. The molecule has 1 saturated heterocycles. The second kappa shape index (κ2) is 5.37. The Labute approximate surface area is 159 Å². The minimum Gasteiger partial charge on any atom is -0.377 e. The van der Waals surface area contributed by atoms with E-state index in [4.69, 9.17) is 4.74 Å². The highest BCUT2D eigenvalue weighted by Crippen LogP contribution is 2.75. The SMILES string of the molecule is CC(C)[C@@H]1CC[C@]2(C)CO[C@@H]([C@H]3CC(=O)[C@]4(C)CC[C@H]5[C@H](C)CC[C@]354)[C@H]12. The van der Waals surface area contributed by atoms with E-state index in [9.17, 15) is 4.79 Å². The predicted molar refractivity (Wildman–Crippen MR) is 104 cm³/mol. The summed E-state index contributed by atoms with van der Waals surface area (Å²) in [5, 5.41) is 0. The van der Waals surface area contributed by atoms with Crippen molar-refractivity contribution in [2.75, 3.05) is 6.61 Å². The third-order valence-corrected chi connectivity index (χ3v) is 10.6. The van der Waals surface area contributed by atoms with Crippen LogP contribution in [0.1, 0.15) is 79.6 Å². The fourth-order valence-corrected chi connectivity index (χ4v) is 9.22. The lowest BCUT2D eigenvalue weighted by atomic mass is 9.58. The van der Waals surface area contributed by atoms with Crippen molar-refractivity contribution in [2.45, 2.75) is 85.7 Å². The topological polar surface area (TPSA) is 26.3 Å². The van der Waals surface area contributed by atoms with Crippen LogP contribution in [0.3, 0.4) is 0 Å². The fourth-order valence-electron chi connectivity index (χ4n) is 9.22. The predicted octanol–water partition coefficient (Wildman–Crippen LogP) is 5.50. The lowest BCUT2D eigenvalue weighted by Crippen LogP contribution is -2.46. The quantitative estimate of drug-likeness (QED) is 0.652. The van der Waals surface area contributed by atoms with Gasteiger partial charge in [-0.05, 0) is 84.9 Å². The first-order valence-electron chi connectivity index (χ1n) is 11.4.